The predicted molar refractivity (Wildman–Crippen MR) is 74.4 cm³/mol. The highest BCUT2D eigenvalue weighted by atomic mass is 35.5. The van der Waals surface area contributed by atoms with Gasteiger partial charge in [0.05, 0.1) is 5.92 Å². The summed E-state index contributed by atoms with van der Waals surface area (Å²) in [6, 6.07) is 16.3. The van der Waals surface area contributed by atoms with Crippen molar-refractivity contribution in [1.82, 2.24) is 0 Å². The minimum atomic E-state index is -0.225. The first-order chi connectivity index (χ1) is 8.58. The van der Waals surface area contributed by atoms with Crippen molar-refractivity contribution in [1.29, 1.82) is 0 Å². The Balaban J connectivity index is 2.12. The Bertz CT molecular complexity index is 572. The van der Waals surface area contributed by atoms with Crippen LogP contribution in [0.2, 0.25) is 5.02 Å². The van der Waals surface area contributed by atoms with Gasteiger partial charge in [-0.05, 0) is 37.6 Å². The van der Waals surface area contributed by atoms with E-state index in [0.29, 0.717) is 0 Å². The lowest BCUT2D eigenvalue weighted by Gasteiger charge is -2.26. The monoisotopic (exact) mass is 258 g/mol. The highest BCUT2D eigenvalue weighted by Gasteiger charge is 2.41. The molecule has 2 aromatic rings. The topological polar surface area (TPSA) is 9.23 Å². The number of hydrogen-bond donors (Lipinski definition) is 0. The van der Waals surface area contributed by atoms with E-state index < -0.39 is 0 Å². The zero-order valence-electron chi connectivity index (χ0n) is 10.5. The minimum absolute atomic E-state index is 0.225. The van der Waals surface area contributed by atoms with Gasteiger partial charge in [-0.3, -0.25) is 0 Å². The van der Waals surface area contributed by atoms with Gasteiger partial charge in [-0.2, -0.15) is 0 Å². The van der Waals surface area contributed by atoms with Gasteiger partial charge in [0.2, 0.25) is 0 Å². The van der Waals surface area contributed by atoms with Gasteiger partial charge in [0.1, 0.15) is 11.4 Å². The minimum Gasteiger partial charge on any atom is -0.487 e. The van der Waals surface area contributed by atoms with E-state index in [1.807, 2.05) is 24.3 Å². The molecule has 0 fully saturated rings. The summed E-state index contributed by atoms with van der Waals surface area (Å²) in [5.74, 6) is 1.24. The fraction of sp³-hybridized carbons (Fsp3) is 0.250. The van der Waals surface area contributed by atoms with Gasteiger partial charge in [0.15, 0.2) is 0 Å². The van der Waals surface area contributed by atoms with Crippen LogP contribution in [0.25, 0.3) is 0 Å². The third-order valence-corrected chi connectivity index (χ3v) is 3.75. The highest BCUT2D eigenvalue weighted by Crippen LogP contribution is 2.47. The molecule has 0 aromatic heterocycles. The first-order valence-electron chi connectivity index (χ1n) is 6.11. The molecule has 1 heterocycles. The molecule has 1 unspecified atom stereocenters. The van der Waals surface area contributed by atoms with E-state index in [1.165, 1.54) is 11.1 Å². The first kappa shape index (κ1) is 11.6. The van der Waals surface area contributed by atoms with E-state index in [9.17, 15) is 0 Å². The maximum atomic E-state index is 6.06. The second kappa shape index (κ2) is 4.03. The molecule has 0 radical (unpaired) electrons. The summed E-state index contributed by atoms with van der Waals surface area (Å²) < 4.78 is 6.06. The maximum absolute atomic E-state index is 6.06. The zero-order valence-corrected chi connectivity index (χ0v) is 11.2. The van der Waals surface area contributed by atoms with Crippen molar-refractivity contribution in [2.75, 3.05) is 0 Å². The molecule has 0 spiro atoms. The van der Waals surface area contributed by atoms with Crippen LogP contribution < -0.4 is 4.74 Å². The van der Waals surface area contributed by atoms with Gasteiger partial charge in [-0.25, -0.2) is 0 Å². The average Bonchev–Trinajstić information content (AvgIpc) is 2.60. The number of benzene rings is 2. The molecule has 0 amide bonds. The Hall–Kier alpha value is -1.47. The SMILES string of the molecule is CC1(C)Oc2ccccc2C1c1ccc(Cl)cc1. The standard InChI is InChI=1S/C16H15ClO/c1-16(2)15(11-7-9-12(17)10-8-11)13-5-3-4-6-14(13)18-16/h3-10,15H,1-2H3. The molecule has 0 saturated heterocycles. The summed E-state index contributed by atoms with van der Waals surface area (Å²) in [5, 5.41) is 0.767. The molecule has 3 rings (SSSR count). The molecule has 92 valence electrons. The van der Waals surface area contributed by atoms with E-state index in [1.54, 1.807) is 0 Å². The number of fused-ring (bicyclic) bond motifs is 1. The third-order valence-electron chi connectivity index (χ3n) is 3.50. The molecule has 1 atom stereocenters. The molecule has 2 heteroatoms. The Morgan fingerprint density at radius 2 is 1.67 bits per heavy atom. The van der Waals surface area contributed by atoms with Crippen LogP contribution in [-0.2, 0) is 0 Å². The lowest BCUT2D eigenvalue weighted by Crippen LogP contribution is -2.30. The Kier molecular flexibility index (Phi) is 2.60. The number of hydrogen-bond acceptors (Lipinski definition) is 1. The molecule has 0 N–H and O–H groups in total. The van der Waals surface area contributed by atoms with Crippen molar-refractivity contribution < 1.29 is 4.74 Å². The van der Waals surface area contributed by atoms with Crippen LogP contribution in [0, 0.1) is 0 Å². The Morgan fingerprint density at radius 1 is 1.00 bits per heavy atom. The smallest absolute Gasteiger partial charge is 0.124 e. The molecule has 0 aliphatic carbocycles. The van der Waals surface area contributed by atoms with Crippen molar-refractivity contribution >= 4 is 11.6 Å². The lowest BCUT2D eigenvalue weighted by molar-refractivity contribution is 0.122. The molecule has 0 bridgehead atoms. The fourth-order valence-corrected chi connectivity index (χ4v) is 2.89. The van der Waals surface area contributed by atoms with Crippen LogP contribution in [-0.4, -0.2) is 5.60 Å². The molecule has 2 aromatic carbocycles. The van der Waals surface area contributed by atoms with E-state index in [0.717, 1.165) is 10.8 Å². The van der Waals surface area contributed by atoms with E-state index in [-0.39, 0.29) is 11.5 Å². The normalized spacial score (nSPS) is 20.3. The molecule has 1 aliphatic heterocycles. The Morgan fingerprint density at radius 3 is 2.39 bits per heavy atom. The number of ether oxygens (including phenoxy) is 1. The van der Waals surface area contributed by atoms with Gasteiger partial charge < -0.3 is 4.74 Å². The summed E-state index contributed by atoms with van der Waals surface area (Å²) in [7, 11) is 0. The molecule has 0 saturated carbocycles. The third kappa shape index (κ3) is 1.79. The van der Waals surface area contributed by atoms with Crippen LogP contribution in [0.15, 0.2) is 48.5 Å². The van der Waals surface area contributed by atoms with Gasteiger partial charge in [0, 0.05) is 10.6 Å². The fourth-order valence-electron chi connectivity index (χ4n) is 2.76. The summed E-state index contributed by atoms with van der Waals surface area (Å²) >= 11 is 5.96. The van der Waals surface area contributed by atoms with Crippen LogP contribution in [0.1, 0.15) is 30.9 Å². The van der Waals surface area contributed by atoms with Gasteiger partial charge >= 0.3 is 0 Å². The van der Waals surface area contributed by atoms with Crippen molar-refractivity contribution in [3.63, 3.8) is 0 Å². The molecule has 1 nitrogen and oxygen atoms in total. The van der Waals surface area contributed by atoms with Crippen molar-refractivity contribution in [3.05, 3.63) is 64.7 Å². The zero-order chi connectivity index (χ0) is 12.8. The van der Waals surface area contributed by atoms with E-state index in [4.69, 9.17) is 16.3 Å². The summed E-state index contributed by atoms with van der Waals surface area (Å²) in [6.45, 7) is 4.26. The van der Waals surface area contributed by atoms with Gasteiger partial charge in [-0.1, -0.05) is 41.9 Å². The summed E-state index contributed by atoms with van der Waals surface area (Å²) in [4.78, 5) is 0. The molecule has 18 heavy (non-hydrogen) atoms. The predicted octanol–water partition coefficient (Wildman–Crippen LogP) is 4.64. The Labute approximate surface area is 112 Å². The van der Waals surface area contributed by atoms with Crippen LogP contribution in [0.4, 0.5) is 0 Å². The van der Waals surface area contributed by atoms with Crippen LogP contribution in [0.3, 0.4) is 0 Å². The first-order valence-corrected chi connectivity index (χ1v) is 6.49. The van der Waals surface area contributed by atoms with Crippen molar-refractivity contribution in [2.45, 2.75) is 25.4 Å². The lowest BCUT2D eigenvalue weighted by atomic mass is 9.81. The van der Waals surface area contributed by atoms with Crippen molar-refractivity contribution in [2.24, 2.45) is 0 Å². The quantitative estimate of drug-likeness (QED) is 0.724. The van der Waals surface area contributed by atoms with E-state index >= 15 is 0 Å². The van der Waals surface area contributed by atoms with Crippen LogP contribution in [0.5, 0.6) is 5.75 Å². The summed E-state index contributed by atoms with van der Waals surface area (Å²) in [6.07, 6.45) is 0. The summed E-state index contributed by atoms with van der Waals surface area (Å²) in [5.41, 5.74) is 2.27. The van der Waals surface area contributed by atoms with Gasteiger partial charge in [0.25, 0.3) is 0 Å². The largest absolute Gasteiger partial charge is 0.487 e. The number of rotatable bonds is 1. The second-order valence-electron chi connectivity index (χ2n) is 5.23. The highest BCUT2D eigenvalue weighted by molar-refractivity contribution is 6.30. The number of halogens is 1. The van der Waals surface area contributed by atoms with Gasteiger partial charge in [-0.15, -0.1) is 0 Å². The van der Waals surface area contributed by atoms with Crippen LogP contribution >= 0.6 is 11.6 Å². The second-order valence-corrected chi connectivity index (χ2v) is 5.66. The number of para-hydroxylation sites is 1. The van der Waals surface area contributed by atoms with Crippen molar-refractivity contribution in [3.8, 4) is 5.75 Å². The van der Waals surface area contributed by atoms with E-state index in [2.05, 4.69) is 38.1 Å². The molecular formula is C16H15ClO. The molecular weight excluding hydrogens is 244 g/mol. The maximum Gasteiger partial charge on any atom is 0.124 e. The molecule has 1 aliphatic rings. The average molecular weight is 259 g/mol.